The van der Waals surface area contributed by atoms with E-state index in [9.17, 15) is 18.4 Å². The van der Waals surface area contributed by atoms with Gasteiger partial charge in [0.05, 0.1) is 29.1 Å². The lowest BCUT2D eigenvalue weighted by molar-refractivity contribution is -0.137. The summed E-state index contributed by atoms with van der Waals surface area (Å²) < 4.78 is 39.9. The fourth-order valence-corrected chi connectivity index (χ4v) is 4.84. The van der Waals surface area contributed by atoms with Crippen LogP contribution in [0.4, 0.5) is 24.8 Å². The van der Waals surface area contributed by atoms with Crippen LogP contribution in [0, 0.1) is 11.3 Å². The average Bonchev–Trinajstić information content (AvgIpc) is 3.36. The molecular formula is C28H29F3N8. The summed E-state index contributed by atoms with van der Waals surface area (Å²) in [4.78, 5) is 20.4. The van der Waals surface area contributed by atoms with Crippen LogP contribution in [-0.2, 0) is 6.18 Å². The van der Waals surface area contributed by atoms with E-state index >= 15 is 0 Å². The van der Waals surface area contributed by atoms with Gasteiger partial charge in [0, 0.05) is 61.3 Å². The Morgan fingerprint density at radius 2 is 1.74 bits per heavy atom. The van der Waals surface area contributed by atoms with Gasteiger partial charge >= 0.3 is 6.18 Å². The Balaban J connectivity index is 1.35. The second-order valence-electron chi connectivity index (χ2n) is 9.96. The predicted molar refractivity (Wildman–Crippen MR) is 144 cm³/mol. The van der Waals surface area contributed by atoms with E-state index in [1.807, 2.05) is 13.0 Å². The number of fused-ring (bicyclic) bond motifs is 1. The number of piperazine rings is 1. The van der Waals surface area contributed by atoms with Crippen LogP contribution in [-0.4, -0.2) is 57.1 Å². The fraction of sp³-hybridized carbons (Fsp3) is 0.357. The minimum Gasteiger partial charge on any atom is -0.369 e. The first-order chi connectivity index (χ1) is 18.6. The van der Waals surface area contributed by atoms with E-state index in [2.05, 4.69) is 73.2 Å². The Bertz CT molecular complexity index is 1500. The molecule has 3 aromatic heterocycles. The largest absolute Gasteiger partial charge is 0.417 e. The number of aromatic nitrogens is 4. The zero-order chi connectivity index (χ0) is 27.7. The molecular weight excluding hydrogens is 505 g/mol. The van der Waals surface area contributed by atoms with E-state index in [0.717, 1.165) is 44.0 Å². The van der Waals surface area contributed by atoms with Gasteiger partial charge < -0.3 is 15.2 Å². The molecule has 0 amide bonds. The third kappa shape index (κ3) is 5.52. The standard InChI is InChI=1S/C28H29F3N8/c1-17(2)38-8-10-39(11-9-38)22-6-4-19(5-7-22)18(3)36-27-35-14-20(13-32)25(37-27)24-16-34-26-23(24)12-21(15-33-26)28(29,30)31/h4-7,12,14-18H,8-11H2,1-3H3,(H,33,34)(H,35,36,37)/t18-/m1/s1. The molecule has 0 saturated carbocycles. The second-order valence-corrected chi connectivity index (χ2v) is 9.96. The van der Waals surface area contributed by atoms with E-state index < -0.39 is 11.7 Å². The molecule has 1 saturated heterocycles. The molecule has 202 valence electrons. The number of nitrogens with zero attached hydrogens (tertiary/aromatic N) is 6. The normalized spacial score (nSPS) is 15.5. The molecule has 1 aliphatic heterocycles. The van der Waals surface area contributed by atoms with Gasteiger partial charge in [-0.05, 0) is 44.5 Å². The number of pyridine rings is 1. The summed E-state index contributed by atoms with van der Waals surface area (Å²) in [6, 6.07) is 11.8. The highest BCUT2D eigenvalue weighted by atomic mass is 19.4. The maximum atomic E-state index is 13.3. The molecule has 5 rings (SSSR count). The van der Waals surface area contributed by atoms with Crippen molar-refractivity contribution in [1.82, 2.24) is 24.8 Å². The highest BCUT2D eigenvalue weighted by Gasteiger charge is 2.32. The van der Waals surface area contributed by atoms with E-state index in [0.29, 0.717) is 11.6 Å². The molecule has 1 aromatic carbocycles. The zero-order valence-electron chi connectivity index (χ0n) is 21.9. The smallest absolute Gasteiger partial charge is 0.369 e. The maximum Gasteiger partial charge on any atom is 0.417 e. The quantitative estimate of drug-likeness (QED) is 0.332. The van der Waals surface area contributed by atoms with Crippen molar-refractivity contribution in [3.05, 3.63) is 65.6 Å². The monoisotopic (exact) mass is 534 g/mol. The number of halogens is 3. The Kier molecular flexibility index (Phi) is 7.14. The Morgan fingerprint density at radius 1 is 1.03 bits per heavy atom. The van der Waals surface area contributed by atoms with Gasteiger partial charge in [0.1, 0.15) is 11.7 Å². The van der Waals surface area contributed by atoms with Gasteiger partial charge in [0.2, 0.25) is 5.95 Å². The first-order valence-corrected chi connectivity index (χ1v) is 12.8. The van der Waals surface area contributed by atoms with Crippen LogP contribution >= 0.6 is 0 Å². The topological polar surface area (TPSA) is 96.8 Å². The molecule has 8 nitrogen and oxygen atoms in total. The summed E-state index contributed by atoms with van der Waals surface area (Å²) in [7, 11) is 0. The van der Waals surface area contributed by atoms with Crippen LogP contribution < -0.4 is 10.2 Å². The summed E-state index contributed by atoms with van der Waals surface area (Å²) in [6.07, 6.45) is -0.885. The fourth-order valence-electron chi connectivity index (χ4n) is 4.84. The lowest BCUT2D eigenvalue weighted by Crippen LogP contribution is -2.48. The second kappa shape index (κ2) is 10.5. The van der Waals surface area contributed by atoms with Crippen LogP contribution in [0.15, 0.2) is 48.9 Å². The van der Waals surface area contributed by atoms with Crippen molar-refractivity contribution in [2.45, 2.75) is 39.0 Å². The highest BCUT2D eigenvalue weighted by molar-refractivity contribution is 5.94. The number of H-pyrrole nitrogens is 1. The summed E-state index contributed by atoms with van der Waals surface area (Å²) in [5.41, 5.74) is 2.33. The number of benzene rings is 1. The van der Waals surface area contributed by atoms with Crippen molar-refractivity contribution >= 4 is 22.7 Å². The number of nitriles is 1. The molecule has 0 unspecified atom stereocenters. The third-order valence-electron chi connectivity index (χ3n) is 7.17. The van der Waals surface area contributed by atoms with Crippen molar-refractivity contribution in [3.8, 4) is 17.3 Å². The van der Waals surface area contributed by atoms with Crippen molar-refractivity contribution in [2.75, 3.05) is 36.4 Å². The minimum atomic E-state index is -4.54. The summed E-state index contributed by atoms with van der Waals surface area (Å²) in [6.45, 7) is 10.5. The van der Waals surface area contributed by atoms with Crippen molar-refractivity contribution in [3.63, 3.8) is 0 Å². The average molecular weight is 535 g/mol. The molecule has 4 heterocycles. The van der Waals surface area contributed by atoms with E-state index in [1.165, 1.54) is 18.1 Å². The molecule has 1 fully saturated rings. The zero-order valence-corrected chi connectivity index (χ0v) is 21.9. The first kappa shape index (κ1) is 26.4. The predicted octanol–water partition coefficient (Wildman–Crippen LogP) is 5.61. The summed E-state index contributed by atoms with van der Waals surface area (Å²) >= 11 is 0. The number of rotatable bonds is 6. The number of hydrogen-bond acceptors (Lipinski definition) is 7. The molecule has 39 heavy (non-hydrogen) atoms. The lowest BCUT2D eigenvalue weighted by atomic mass is 10.1. The van der Waals surface area contributed by atoms with Crippen LogP contribution in [0.3, 0.4) is 0 Å². The highest BCUT2D eigenvalue weighted by Crippen LogP contribution is 2.35. The van der Waals surface area contributed by atoms with Gasteiger partial charge in [-0.15, -0.1) is 0 Å². The van der Waals surface area contributed by atoms with E-state index in [4.69, 9.17) is 0 Å². The Morgan fingerprint density at radius 3 is 2.38 bits per heavy atom. The Hall–Kier alpha value is -4.17. The molecule has 1 atom stereocenters. The molecule has 4 aromatic rings. The minimum absolute atomic E-state index is 0.147. The number of nitrogens with one attached hydrogen (secondary N) is 2. The van der Waals surface area contributed by atoms with Gasteiger partial charge in [-0.25, -0.2) is 15.0 Å². The summed E-state index contributed by atoms with van der Waals surface area (Å²) in [5.74, 6) is 0.264. The van der Waals surface area contributed by atoms with Gasteiger partial charge in [-0.2, -0.15) is 18.4 Å². The van der Waals surface area contributed by atoms with Crippen LogP contribution in [0.1, 0.15) is 43.5 Å². The molecule has 0 bridgehead atoms. The number of hydrogen-bond donors (Lipinski definition) is 2. The van der Waals surface area contributed by atoms with Crippen LogP contribution in [0.2, 0.25) is 0 Å². The lowest BCUT2D eigenvalue weighted by Gasteiger charge is -2.38. The van der Waals surface area contributed by atoms with E-state index in [1.54, 1.807) is 0 Å². The number of anilines is 2. The van der Waals surface area contributed by atoms with Gasteiger partial charge in [0.15, 0.2) is 0 Å². The molecule has 0 radical (unpaired) electrons. The Labute approximate surface area is 224 Å². The van der Waals surface area contributed by atoms with Crippen molar-refractivity contribution in [2.24, 2.45) is 0 Å². The number of alkyl halides is 3. The molecule has 0 aliphatic carbocycles. The number of aromatic amines is 1. The van der Waals surface area contributed by atoms with Gasteiger partial charge in [-0.3, -0.25) is 4.90 Å². The molecule has 2 N–H and O–H groups in total. The first-order valence-electron chi connectivity index (χ1n) is 12.8. The van der Waals surface area contributed by atoms with Crippen LogP contribution in [0.5, 0.6) is 0 Å². The van der Waals surface area contributed by atoms with Crippen molar-refractivity contribution < 1.29 is 13.2 Å². The molecule has 0 spiro atoms. The molecule has 11 heteroatoms. The van der Waals surface area contributed by atoms with Crippen molar-refractivity contribution in [1.29, 1.82) is 5.26 Å². The summed E-state index contributed by atoms with van der Waals surface area (Å²) in [5, 5.41) is 13.1. The van der Waals surface area contributed by atoms with E-state index in [-0.39, 0.29) is 34.3 Å². The third-order valence-corrected chi connectivity index (χ3v) is 7.17. The molecule has 1 aliphatic rings. The maximum absolute atomic E-state index is 13.3. The van der Waals surface area contributed by atoms with Crippen LogP contribution in [0.25, 0.3) is 22.3 Å². The SMILES string of the molecule is CC(C)N1CCN(c2ccc([C@@H](C)Nc3ncc(C#N)c(-c4c[nH]c5ncc(C(F)(F)F)cc45)n3)cc2)CC1. The van der Waals surface area contributed by atoms with Gasteiger partial charge in [-0.1, -0.05) is 12.1 Å². The van der Waals surface area contributed by atoms with Gasteiger partial charge in [0.25, 0.3) is 0 Å².